The number of amides is 2. The molecule has 0 bridgehead atoms. The van der Waals surface area contributed by atoms with Gasteiger partial charge in [-0.2, -0.15) is 0 Å². The number of carbonyl (C=O) groups excluding carboxylic acids is 2. The Morgan fingerprint density at radius 3 is 2.52 bits per heavy atom. The van der Waals surface area contributed by atoms with E-state index in [1.165, 1.54) is 11.1 Å². The lowest BCUT2D eigenvalue weighted by molar-refractivity contribution is -0.139. The molecule has 0 fully saturated rings. The van der Waals surface area contributed by atoms with Gasteiger partial charge in [0, 0.05) is 25.3 Å². The highest BCUT2D eigenvalue weighted by Gasteiger charge is 2.29. The van der Waals surface area contributed by atoms with Crippen LogP contribution in [0.5, 0.6) is 0 Å². The highest BCUT2D eigenvalue weighted by molar-refractivity contribution is 6.35. The molecule has 160 valence electrons. The second kappa shape index (κ2) is 9.98. The lowest BCUT2D eigenvalue weighted by Crippen LogP contribution is -2.44. The zero-order chi connectivity index (χ0) is 21.5. The van der Waals surface area contributed by atoms with E-state index in [-0.39, 0.29) is 12.6 Å². The van der Waals surface area contributed by atoms with E-state index in [9.17, 15) is 9.59 Å². The molecule has 4 rings (SSSR count). The minimum Gasteiger partial charge on any atom is -0.467 e. The summed E-state index contributed by atoms with van der Waals surface area (Å²) in [5, 5.41) is 5.49. The number of furan rings is 1. The van der Waals surface area contributed by atoms with Crippen molar-refractivity contribution in [2.24, 2.45) is 0 Å². The van der Waals surface area contributed by atoms with Gasteiger partial charge in [-0.1, -0.05) is 48.5 Å². The van der Waals surface area contributed by atoms with Gasteiger partial charge in [-0.3, -0.25) is 9.59 Å². The molecule has 2 N–H and O–H groups in total. The largest absolute Gasteiger partial charge is 0.467 e. The number of fused-ring (bicyclic) bond motifs is 1. The summed E-state index contributed by atoms with van der Waals surface area (Å²) < 4.78 is 5.64. The third kappa shape index (κ3) is 5.15. The molecule has 31 heavy (non-hydrogen) atoms. The molecule has 6 nitrogen and oxygen atoms in total. The van der Waals surface area contributed by atoms with Crippen LogP contribution in [-0.2, 0) is 22.4 Å². The molecule has 0 spiro atoms. The summed E-state index contributed by atoms with van der Waals surface area (Å²) in [4.78, 5) is 26.8. The Labute approximate surface area is 182 Å². The number of aryl methyl sites for hydroxylation is 1. The van der Waals surface area contributed by atoms with E-state index < -0.39 is 11.8 Å². The Balaban J connectivity index is 1.30. The summed E-state index contributed by atoms with van der Waals surface area (Å²) in [6, 6.07) is 21.9. The van der Waals surface area contributed by atoms with Crippen molar-refractivity contribution >= 4 is 17.5 Å². The maximum Gasteiger partial charge on any atom is 0.309 e. The Hall–Kier alpha value is -3.54. The fourth-order valence-corrected chi connectivity index (χ4v) is 4.02. The number of nitrogens with one attached hydrogen (secondary N) is 2. The normalized spacial score (nSPS) is 13.5. The van der Waals surface area contributed by atoms with Crippen LogP contribution < -0.4 is 15.5 Å². The van der Waals surface area contributed by atoms with Crippen molar-refractivity contribution < 1.29 is 14.0 Å². The summed E-state index contributed by atoms with van der Waals surface area (Å²) in [5.74, 6) is -0.461. The second-order valence-corrected chi connectivity index (χ2v) is 7.66. The van der Waals surface area contributed by atoms with Gasteiger partial charge >= 0.3 is 11.8 Å². The summed E-state index contributed by atoms with van der Waals surface area (Å²) in [7, 11) is 0. The summed E-state index contributed by atoms with van der Waals surface area (Å²) in [6.45, 7) is 1.59. The molecule has 2 aromatic carbocycles. The van der Waals surface area contributed by atoms with Crippen LogP contribution in [0.2, 0.25) is 0 Å². The number of para-hydroxylation sites is 1. The molecular weight excluding hydrogens is 390 g/mol. The highest BCUT2D eigenvalue weighted by Crippen LogP contribution is 2.34. The Bertz CT molecular complexity index is 1000. The standard InChI is InChI=1S/C25H27N3O3/c29-24(26-15-6-10-19-8-2-1-3-9-19)25(30)27-18-22(23-13-7-17-31-23)28-16-14-20-11-4-5-12-21(20)28/h1-5,7-9,11-13,17,22H,6,10,14-16,18H2,(H,26,29)(H,27,30)/t22-/m1/s1. The molecule has 6 heteroatoms. The SMILES string of the molecule is O=C(NCCCc1ccccc1)C(=O)NC[C@H](c1ccco1)N1CCc2ccccc21. The number of nitrogens with zero attached hydrogens (tertiary/aromatic N) is 1. The third-order valence-electron chi connectivity index (χ3n) is 5.60. The van der Waals surface area contributed by atoms with Crippen molar-refractivity contribution in [3.8, 4) is 0 Å². The van der Waals surface area contributed by atoms with Crippen molar-refractivity contribution in [3.05, 3.63) is 89.9 Å². The topological polar surface area (TPSA) is 74.6 Å². The summed E-state index contributed by atoms with van der Waals surface area (Å²) >= 11 is 0. The Morgan fingerprint density at radius 2 is 1.71 bits per heavy atom. The number of hydrogen-bond donors (Lipinski definition) is 2. The quantitative estimate of drug-likeness (QED) is 0.436. The average Bonchev–Trinajstić information content (AvgIpc) is 3.48. The van der Waals surface area contributed by atoms with E-state index in [4.69, 9.17) is 4.42 Å². The zero-order valence-electron chi connectivity index (χ0n) is 17.4. The van der Waals surface area contributed by atoms with Gasteiger partial charge in [-0.15, -0.1) is 0 Å². The first kappa shape index (κ1) is 20.7. The van der Waals surface area contributed by atoms with Gasteiger partial charge in [0.05, 0.1) is 6.26 Å². The van der Waals surface area contributed by atoms with E-state index >= 15 is 0 Å². The van der Waals surface area contributed by atoms with Crippen molar-refractivity contribution in [1.29, 1.82) is 0 Å². The summed E-state index contributed by atoms with van der Waals surface area (Å²) in [5.41, 5.74) is 3.64. The van der Waals surface area contributed by atoms with Gasteiger partial charge < -0.3 is 20.0 Å². The van der Waals surface area contributed by atoms with E-state index in [1.54, 1.807) is 6.26 Å². The molecule has 0 saturated carbocycles. The van der Waals surface area contributed by atoms with Gasteiger partial charge in [0.2, 0.25) is 0 Å². The molecular formula is C25H27N3O3. The first-order valence-electron chi connectivity index (χ1n) is 10.7. The van der Waals surface area contributed by atoms with Gasteiger partial charge in [0.1, 0.15) is 11.8 Å². The van der Waals surface area contributed by atoms with Crippen LogP contribution in [0.3, 0.4) is 0 Å². The first-order valence-corrected chi connectivity index (χ1v) is 10.7. The molecule has 0 radical (unpaired) electrons. The van der Waals surface area contributed by atoms with Crippen molar-refractivity contribution in [1.82, 2.24) is 10.6 Å². The van der Waals surface area contributed by atoms with Crippen LogP contribution in [0.4, 0.5) is 5.69 Å². The number of benzene rings is 2. The van der Waals surface area contributed by atoms with Crippen LogP contribution in [-0.4, -0.2) is 31.4 Å². The molecule has 1 aromatic heterocycles. The lowest BCUT2D eigenvalue weighted by Gasteiger charge is -2.29. The molecule has 3 aromatic rings. The molecule has 0 unspecified atom stereocenters. The van der Waals surface area contributed by atoms with Crippen LogP contribution in [0.25, 0.3) is 0 Å². The molecule has 2 amide bonds. The van der Waals surface area contributed by atoms with E-state index in [0.717, 1.165) is 37.3 Å². The Kier molecular flexibility index (Phi) is 6.67. The van der Waals surface area contributed by atoms with Crippen LogP contribution in [0, 0.1) is 0 Å². The number of hydrogen-bond acceptors (Lipinski definition) is 4. The van der Waals surface area contributed by atoms with Crippen LogP contribution in [0.15, 0.2) is 77.4 Å². The van der Waals surface area contributed by atoms with Gasteiger partial charge in [0.25, 0.3) is 0 Å². The van der Waals surface area contributed by atoms with Crippen LogP contribution >= 0.6 is 0 Å². The minimum absolute atomic E-state index is 0.173. The predicted octanol–water partition coefficient (Wildman–Crippen LogP) is 3.25. The number of carbonyl (C=O) groups is 2. The lowest BCUT2D eigenvalue weighted by atomic mass is 10.1. The van der Waals surface area contributed by atoms with Crippen molar-refractivity contribution in [3.63, 3.8) is 0 Å². The smallest absolute Gasteiger partial charge is 0.309 e. The fraction of sp³-hybridized carbons (Fsp3) is 0.280. The maximum absolute atomic E-state index is 12.4. The molecule has 0 aliphatic carbocycles. The first-order chi connectivity index (χ1) is 15.2. The maximum atomic E-state index is 12.4. The molecule has 1 atom stereocenters. The third-order valence-corrected chi connectivity index (χ3v) is 5.60. The second-order valence-electron chi connectivity index (χ2n) is 7.66. The van der Waals surface area contributed by atoms with E-state index in [1.807, 2.05) is 42.5 Å². The summed E-state index contributed by atoms with van der Waals surface area (Å²) in [6.07, 6.45) is 4.22. The fourth-order valence-electron chi connectivity index (χ4n) is 4.02. The molecule has 2 heterocycles. The van der Waals surface area contributed by atoms with Gasteiger partial charge in [-0.25, -0.2) is 0 Å². The minimum atomic E-state index is -0.622. The molecule has 1 aliphatic rings. The molecule has 1 aliphatic heterocycles. The van der Waals surface area contributed by atoms with Gasteiger partial charge in [0.15, 0.2) is 0 Å². The average molecular weight is 418 g/mol. The highest BCUT2D eigenvalue weighted by atomic mass is 16.3. The predicted molar refractivity (Wildman–Crippen MR) is 120 cm³/mol. The van der Waals surface area contributed by atoms with Crippen LogP contribution in [0.1, 0.15) is 29.3 Å². The van der Waals surface area contributed by atoms with Crippen molar-refractivity contribution in [2.45, 2.75) is 25.3 Å². The number of anilines is 1. The Morgan fingerprint density at radius 1 is 0.935 bits per heavy atom. The van der Waals surface area contributed by atoms with Gasteiger partial charge in [-0.05, 0) is 48.6 Å². The van der Waals surface area contributed by atoms with E-state index in [0.29, 0.717) is 6.54 Å². The zero-order valence-corrected chi connectivity index (χ0v) is 17.4. The van der Waals surface area contributed by atoms with Crippen molar-refractivity contribution in [2.75, 3.05) is 24.5 Å². The monoisotopic (exact) mass is 417 g/mol. The van der Waals surface area contributed by atoms with E-state index in [2.05, 4.69) is 39.8 Å². The molecule has 0 saturated heterocycles. The number of rotatable bonds is 8.